The number of amides is 1. The Morgan fingerprint density at radius 1 is 1.12 bits per heavy atom. The molecule has 0 spiro atoms. The molecular formula is C21H25N3O6S2. The molecule has 0 bridgehead atoms. The summed E-state index contributed by atoms with van der Waals surface area (Å²) in [6.07, 6.45) is 0. The van der Waals surface area contributed by atoms with Crippen LogP contribution in [0, 0.1) is 0 Å². The largest absolute Gasteiger partial charge is 0.497 e. The highest BCUT2D eigenvalue weighted by Crippen LogP contribution is 2.30. The third-order valence-corrected chi connectivity index (χ3v) is 7.57. The maximum atomic E-state index is 12.7. The van der Waals surface area contributed by atoms with Gasteiger partial charge in [-0.15, -0.1) is 0 Å². The molecule has 2 aromatic carbocycles. The molecule has 3 rings (SSSR count). The zero-order valence-electron chi connectivity index (χ0n) is 18.2. The van der Waals surface area contributed by atoms with Gasteiger partial charge in [0.15, 0.2) is 5.58 Å². The van der Waals surface area contributed by atoms with Crippen LogP contribution in [0.25, 0.3) is 11.1 Å². The van der Waals surface area contributed by atoms with E-state index in [1.807, 2.05) is 0 Å². The number of sulfonamides is 1. The van der Waals surface area contributed by atoms with E-state index in [0.29, 0.717) is 41.4 Å². The fourth-order valence-electron chi connectivity index (χ4n) is 3.04. The molecule has 3 aromatic rings. The molecule has 0 aliphatic heterocycles. The number of ether oxygens (including phenoxy) is 2. The Hall–Kier alpha value is -2.76. The zero-order chi connectivity index (χ0) is 23.3. The Morgan fingerprint density at radius 2 is 1.88 bits per heavy atom. The molecule has 0 atom stereocenters. The number of thioether (sulfide) groups is 1. The second-order valence-corrected chi connectivity index (χ2v) is 9.47. The second kappa shape index (κ2) is 10.2. The van der Waals surface area contributed by atoms with E-state index >= 15 is 0 Å². The molecule has 0 aliphatic rings. The molecule has 0 fully saturated rings. The van der Waals surface area contributed by atoms with E-state index in [-0.39, 0.29) is 21.8 Å². The van der Waals surface area contributed by atoms with Gasteiger partial charge in [-0.05, 0) is 30.3 Å². The highest BCUT2D eigenvalue weighted by atomic mass is 32.2. The first-order valence-electron chi connectivity index (χ1n) is 9.87. The van der Waals surface area contributed by atoms with Crippen molar-refractivity contribution in [3.8, 4) is 11.5 Å². The van der Waals surface area contributed by atoms with Gasteiger partial charge in [0, 0.05) is 19.2 Å². The lowest BCUT2D eigenvalue weighted by atomic mass is 10.2. The van der Waals surface area contributed by atoms with Crippen LogP contribution in [0.5, 0.6) is 11.5 Å². The Morgan fingerprint density at radius 3 is 2.53 bits per heavy atom. The monoisotopic (exact) mass is 479 g/mol. The van der Waals surface area contributed by atoms with Crippen molar-refractivity contribution in [1.29, 1.82) is 0 Å². The molecule has 172 valence electrons. The number of benzene rings is 2. The van der Waals surface area contributed by atoms with E-state index < -0.39 is 10.0 Å². The number of aromatic nitrogens is 1. The van der Waals surface area contributed by atoms with Crippen LogP contribution in [0.4, 0.5) is 5.69 Å². The van der Waals surface area contributed by atoms with Crippen LogP contribution in [0.15, 0.2) is 50.9 Å². The summed E-state index contributed by atoms with van der Waals surface area (Å²) in [5.74, 6) is 0.868. The number of carbonyl (C=O) groups is 1. The molecular weight excluding hydrogens is 454 g/mol. The third-order valence-electron chi connectivity index (χ3n) is 4.69. The number of nitrogens with zero attached hydrogens (tertiary/aromatic N) is 2. The van der Waals surface area contributed by atoms with E-state index in [0.717, 1.165) is 11.8 Å². The molecule has 1 heterocycles. The van der Waals surface area contributed by atoms with E-state index in [2.05, 4.69) is 10.3 Å². The van der Waals surface area contributed by atoms with Gasteiger partial charge in [-0.1, -0.05) is 25.6 Å². The number of fused-ring (bicyclic) bond motifs is 1. The number of methoxy groups -OCH3 is 2. The summed E-state index contributed by atoms with van der Waals surface area (Å²) < 4.78 is 42.9. The topological polar surface area (TPSA) is 111 Å². The smallest absolute Gasteiger partial charge is 0.257 e. The maximum absolute atomic E-state index is 12.7. The number of carbonyl (C=O) groups excluding carboxylic acids is 1. The highest BCUT2D eigenvalue weighted by molar-refractivity contribution is 7.99. The molecule has 32 heavy (non-hydrogen) atoms. The van der Waals surface area contributed by atoms with E-state index in [4.69, 9.17) is 13.9 Å². The fourth-order valence-corrected chi connectivity index (χ4v) is 5.15. The average molecular weight is 480 g/mol. The number of anilines is 1. The summed E-state index contributed by atoms with van der Waals surface area (Å²) in [6, 6.07) is 9.64. The summed E-state index contributed by atoms with van der Waals surface area (Å²) in [5.41, 5.74) is 1.38. The predicted octanol–water partition coefficient (Wildman–Crippen LogP) is 3.61. The van der Waals surface area contributed by atoms with Gasteiger partial charge in [0.2, 0.25) is 15.9 Å². The molecule has 0 aliphatic carbocycles. The average Bonchev–Trinajstić information content (AvgIpc) is 3.21. The second-order valence-electron chi connectivity index (χ2n) is 6.60. The van der Waals surface area contributed by atoms with Crippen molar-refractivity contribution in [1.82, 2.24) is 9.29 Å². The molecule has 1 aromatic heterocycles. The lowest BCUT2D eigenvalue weighted by molar-refractivity contribution is -0.113. The predicted molar refractivity (Wildman–Crippen MR) is 123 cm³/mol. The number of hydrogen-bond donors (Lipinski definition) is 1. The van der Waals surface area contributed by atoms with Gasteiger partial charge in [-0.2, -0.15) is 4.31 Å². The van der Waals surface area contributed by atoms with Crippen molar-refractivity contribution in [2.75, 3.05) is 38.4 Å². The highest BCUT2D eigenvalue weighted by Gasteiger charge is 2.23. The minimum absolute atomic E-state index is 0.0482. The van der Waals surface area contributed by atoms with Gasteiger partial charge in [0.25, 0.3) is 5.22 Å². The van der Waals surface area contributed by atoms with Crippen molar-refractivity contribution in [3.05, 3.63) is 36.4 Å². The summed E-state index contributed by atoms with van der Waals surface area (Å²) in [5, 5.41) is 3.05. The number of hydrogen-bond acceptors (Lipinski definition) is 8. The Kier molecular flexibility index (Phi) is 7.64. The maximum Gasteiger partial charge on any atom is 0.257 e. The molecule has 11 heteroatoms. The SMILES string of the molecule is CCN(CC)S(=O)(=O)c1ccc2oc(SCC(=O)Nc3ccc(OC)cc3OC)nc2c1. The summed E-state index contributed by atoms with van der Waals surface area (Å²) in [4.78, 5) is 16.9. The van der Waals surface area contributed by atoms with Crippen LogP contribution in [0.2, 0.25) is 0 Å². The minimum Gasteiger partial charge on any atom is -0.497 e. The van der Waals surface area contributed by atoms with E-state index in [1.54, 1.807) is 45.2 Å². The van der Waals surface area contributed by atoms with Gasteiger partial charge in [0.05, 0.1) is 30.6 Å². The van der Waals surface area contributed by atoms with Crippen LogP contribution in [0.3, 0.4) is 0 Å². The fraction of sp³-hybridized carbons (Fsp3) is 0.333. The molecule has 0 saturated carbocycles. The molecule has 1 amide bonds. The normalized spacial score (nSPS) is 11.7. The van der Waals surface area contributed by atoms with Crippen LogP contribution in [0.1, 0.15) is 13.8 Å². The van der Waals surface area contributed by atoms with Crippen LogP contribution < -0.4 is 14.8 Å². The Balaban J connectivity index is 1.70. The third kappa shape index (κ3) is 5.17. The van der Waals surface area contributed by atoms with E-state index in [1.165, 1.54) is 23.5 Å². The molecule has 0 unspecified atom stereocenters. The Labute approximate surface area is 191 Å². The van der Waals surface area contributed by atoms with Gasteiger partial charge in [0.1, 0.15) is 17.0 Å². The van der Waals surface area contributed by atoms with Crippen molar-refractivity contribution in [2.45, 2.75) is 24.0 Å². The van der Waals surface area contributed by atoms with Crippen molar-refractivity contribution in [2.24, 2.45) is 0 Å². The van der Waals surface area contributed by atoms with Crippen LogP contribution in [-0.2, 0) is 14.8 Å². The van der Waals surface area contributed by atoms with Crippen molar-refractivity contribution < 1.29 is 27.1 Å². The quantitative estimate of drug-likeness (QED) is 0.439. The first kappa shape index (κ1) is 23.9. The molecule has 9 nitrogen and oxygen atoms in total. The first-order valence-corrected chi connectivity index (χ1v) is 12.3. The van der Waals surface area contributed by atoms with Gasteiger partial charge in [-0.3, -0.25) is 4.79 Å². The zero-order valence-corrected chi connectivity index (χ0v) is 19.9. The molecule has 1 N–H and O–H groups in total. The Bertz CT molecular complexity index is 1210. The lowest BCUT2D eigenvalue weighted by Gasteiger charge is -2.18. The van der Waals surface area contributed by atoms with Crippen molar-refractivity contribution in [3.63, 3.8) is 0 Å². The standard InChI is InChI=1S/C21H25N3O6S2/c1-5-24(6-2)32(26,27)15-8-10-18-17(12-15)23-21(30-18)31-13-20(25)22-16-9-7-14(28-3)11-19(16)29-4/h7-12H,5-6,13H2,1-4H3,(H,22,25). The molecule has 0 saturated heterocycles. The summed E-state index contributed by atoms with van der Waals surface area (Å²) >= 11 is 1.11. The number of rotatable bonds is 10. The van der Waals surface area contributed by atoms with Crippen LogP contribution in [-0.4, -0.2) is 56.7 Å². The number of nitrogens with one attached hydrogen (secondary N) is 1. The lowest BCUT2D eigenvalue weighted by Crippen LogP contribution is -2.30. The minimum atomic E-state index is -3.60. The first-order chi connectivity index (χ1) is 15.3. The van der Waals surface area contributed by atoms with Gasteiger partial charge in [-0.25, -0.2) is 13.4 Å². The van der Waals surface area contributed by atoms with Gasteiger partial charge >= 0.3 is 0 Å². The molecule has 0 radical (unpaired) electrons. The number of oxazole rings is 1. The summed E-state index contributed by atoms with van der Waals surface area (Å²) in [6.45, 7) is 4.34. The van der Waals surface area contributed by atoms with E-state index in [9.17, 15) is 13.2 Å². The van der Waals surface area contributed by atoms with Crippen LogP contribution >= 0.6 is 11.8 Å². The van der Waals surface area contributed by atoms with Crippen molar-refractivity contribution >= 4 is 44.5 Å². The van der Waals surface area contributed by atoms with Gasteiger partial charge < -0.3 is 19.2 Å². The summed E-state index contributed by atoms with van der Waals surface area (Å²) in [7, 11) is -0.542.